The highest BCUT2D eigenvalue weighted by Gasteiger charge is 2.38. The molecule has 0 saturated heterocycles. The second kappa shape index (κ2) is 11.7. The Morgan fingerprint density at radius 1 is 1.07 bits per heavy atom. The Hall–Kier alpha value is -2.25. The molecule has 0 heterocycles. The molecule has 1 atom stereocenters. The molecule has 0 radical (unpaired) electrons. The lowest BCUT2D eigenvalue weighted by molar-refractivity contribution is -0.472. The first-order chi connectivity index (χ1) is 13.1. The molecular weight excluding hydrogens is 425 g/mol. The van der Waals surface area contributed by atoms with E-state index in [-0.39, 0.29) is 6.54 Å². The number of nitrogens with zero attached hydrogens (tertiary/aromatic N) is 1. The maximum atomic E-state index is 13.7. The van der Waals surface area contributed by atoms with Gasteiger partial charge in [0, 0.05) is 12.6 Å². The Morgan fingerprint density at radius 3 is 1.93 bits per heavy atom. The van der Waals surface area contributed by atoms with Crippen LogP contribution >= 0.6 is 0 Å². The molecule has 1 aromatic rings. The summed E-state index contributed by atoms with van der Waals surface area (Å²) in [6, 6.07) is 8.51. The van der Waals surface area contributed by atoms with Gasteiger partial charge in [-0.3, -0.25) is 0 Å². The predicted octanol–water partition coefficient (Wildman–Crippen LogP) is 4.77. The molecule has 0 spiro atoms. The molecule has 0 aliphatic heterocycles. The number of hydrogen-bond donors (Lipinski definition) is 1. The zero-order valence-electron chi connectivity index (χ0n) is 15.0. The van der Waals surface area contributed by atoms with Crippen molar-refractivity contribution in [2.45, 2.75) is 25.7 Å². The van der Waals surface area contributed by atoms with Crippen LogP contribution in [0.3, 0.4) is 0 Å². The summed E-state index contributed by atoms with van der Waals surface area (Å²) in [4.78, 5) is 0. The van der Waals surface area contributed by atoms with Gasteiger partial charge in [0.1, 0.15) is 14.1 Å². The van der Waals surface area contributed by atoms with Gasteiger partial charge in [0.2, 0.25) is 5.71 Å². The van der Waals surface area contributed by atoms with Crippen molar-refractivity contribution in [3.05, 3.63) is 47.7 Å². The van der Waals surface area contributed by atoms with Gasteiger partial charge in [-0.1, -0.05) is 30.3 Å². The van der Waals surface area contributed by atoms with E-state index in [1.165, 1.54) is 14.1 Å². The summed E-state index contributed by atoms with van der Waals surface area (Å²) >= 11 is 0. The van der Waals surface area contributed by atoms with Gasteiger partial charge >= 0.3 is 13.6 Å². The van der Waals surface area contributed by atoms with E-state index in [9.17, 15) is 43.6 Å². The van der Waals surface area contributed by atoms with Gasteiger partial charge in [-0.15, -0.1) is 13.2 Å². The largest absolute Gasteiger partial charge is 0.673 e. The average molecular weight is 442 g/mol. The van der Waals surface area contributed by atoms with Crippen molar-refractivity contribution in [2.24, 2.45) is 0 Å². The van der Waals surface area contributed by atoms with Crippen LogP contribution in [0.1, 0.15) is 5.56 Å². The molecule has 1 N–H and O–H groups in total. The van der Waals surface area contributed by atoms with Crippen molar-refractivity contribution >= 4 is 13.0 Å². The number of rotatable bonds is 7. The van der Waals surface area contributed by atoms with Crippen molar-refractivity contribution in [1.29, 1.82) is 0 Å². The summed E-state index contributed by atoms with van der Waals surface area (Å²) in [5.41, 5.74) is -0.724. The second-order valence-electron chi connectivity index (χ2n) is 5.43. The Bertz CT molecular complexity index is 664. The standard InChI is InChI=1S/C15H16F6N2O.BF4/c1-23(2)12(14(18)24-15(19,20)21)8-11(13(16)17)22-9-10-6-4-3-5-7-10;2-1(3,4)5/h3-8,13-14H,9H2,1-2H3;/q;-1/p+1. The van der Waals surface area contributed by atoms with Crippen LogP contribution in [0.15, 0.2) is 42.1 Å². The Balaban J connectivity index is 0.00000139. The van der Waals surface area contributed by atoms with Crippen LogP contribution in [0.5, 0.6) is 0 Å². The maximum Gasteiger partial charge on any atom is 0.673 e. The molecule has 0 fully saturated rings. The number of nitrogens with one attached hydrogen (secondary N) is 1. The smallest absolute Gasteiger partial charge is 0.418 e. The number of ether oxygens (including phenoxy) is 1. The number of allylic oxidation sites excluding steroid dienone is 1. The van der Waals surface area contributed by atoms with Crippen molar-refractivity contribution < 1.29 is 52.9 Å². The lowest BCUT2D eigenvalue weighted by atomic mass is 10.2. The lowest BCUT2D eigenvalue weighted by Gasteiger charge is -2.13. The number of hydrogen-bond acceptors (Lipinski definition) is 2. The van der Waals surface area contributed by atoms with Crippen molar-refractivity contribution in [3.63, 3.8) is 0 Å². The Morgan fingerprint density at radius 2 is 1.55 bits per heavy atom. The number of halogens is 10. The van der Waals surface area contributed by atoms with Crippen molar-refractivity contribution in [3.8, 4) is 0 Å². The molecular formula is C15H17BF10N2O. The van der Waals surface area contributed by atoms with Gasteiger partial charge in [-0.2, -0.15) is 0 Å². The normalized spacial score (nSPS) is 13.5. The zero-order valence-corrected chi connectivity index (χ0v) is 15.0. The van der Waals surface area contributed by atoms with Gasteiger partial charge in [0.05, 0.1) is 5.70 Å². The SMILES string of the molecule is C[N+](C)=C(C=C(NCc1ccccc1)C(F)F)C(F)OC(F)(F)F.F[B-](F)(F)F. The average Bonchev–Trinajstić information content (AvgIpc) is 2.51. The second-order valence-corrected chi connectivity index (χ2v) is 5.43. The highest BCUT2D eigenvalue weighted by molar-refractivity contribution is 6.50. The molecule has 1 unspecified atom stereocenters. The molecule has 0 bridgehead atoms. The summed E-state index contributed by atoms with van der Waals surface area (Å²) in [5.74, 6) is 0. The zero-order chi connectivity index (χ0) is 22.8. The minimum Gasteiger partial charge on any atom is -0.418 e. The van der Waals surface area contributed by atoms with Crippen LogP contribution in [-0.4, -0.2) is 50.8 Å². The minimum absolute atomic E-state index is 0.00873. The molecule has 29 heavy (non-hydrogen) atoms. The highest BCUT2D eigenvalue weighted by Crippen LogP contribution is 2.21. The summed E-state index contributed by atoms with van der Waals surface area (Å²) < 4.78 is 119. The molecule has 1 rings (SSSR count). The van der Waals surface area contributed by atoms with E-state index in [0.29, 0.717) is 11.6 Å². The van der Waals surface area contributed by atoms with Gasteiger partial charge in [0.15, 0.2) is 0 Å². The van der Waals surface area contributed by atoms with E-state index in [2.05, 4.69) is 10.1 Å². The fourth-order valence-corrected chi connectivity index (χ4v) is 1.73. The van der Waals surface area contributed by atoms with Crippen LogP contribution < -0.4 is 5.32 Å². The first-order valence-electron chi connectivity index (χ1n) is 7.67. The third kappa shape index (κ3) is 14.4. The van der Waals surface area contributed by atoms with Crippen molar-refractivity contribution in [2.75, 3.05) is 14.1 Å². The molecule has 0 aliphatic carbocycles. The molecule has 166 valence electrons. The van der Waals surface area contributed by atoms with Crippen LogP contribution in [-0.2, 0) is 11.3 Å². The Labute approximate surface area is 159 Å². The number of benzene rings is 1. The van der Waals surface area contributed by atoms with Gasteiger partial charge in [-0.05, 0) is 5.56 Å². The Kier molecular flexibility index (Phi) is 10.8. The van der Waals surface area contributed by atoms with E-state index < -0.39 is 37.8 Å². The summed E-state index contributed by atoms with van der Waals surface area (Å²) in [7, 11) is -3.56. The molecule has 0 amide bonds. The fraction of sp³-hybridized carbons (Fsp3) is 0.400. The molecule has 3 nitrogen and oxygen atoms in total. The van der Waals surface area contributed by atoms with Crippen LogP contribution in [0.2, 0.25) is 0 Å². The quantitative estimate of drug-likeness (QED) is 0.285. The molecule has 14 heteroatoms. The van der Waals surface area contributed by atoms with Gasteiger partial charge in [-0.25, -0.2) is 22.5 Å². The van der Waals surface area contributed by atoms with Crippen molar-refractivity contribution in [1.82, 2.24) is 5.32 Å². The highest BCUT2D eigenvalue weighted by atomic mass is 19.5. The van der Waals surface area contributed by atoms with Gasteiger partial charge in [0.25, 0.3) is 12.8 Å². The third-order valence-corrected chi connectivity index (χ3v) is 2.86. The molecule has 1 aromatic carbocycles. The van der Waals surface area contributed by atoms with Crippen LogP contribution in [0, 0.1) is 0 Å². The molecule has 0 saturated carbocycles. The minimum atomic E-state index is -6.00. The van der Waals surface area contributed by atoms with Crippen LogP contribution in [0.4, 0.5) is 43.6 Å². The molecule has 0 aromatic heterocycles. The van der Waals surface area contributed by atoms with E-state index in [4.69, 9.17) is 0 Å². The summed E-state index contributed by atoms with van der Waals surface area (Å²) in [5, 5.41) is 2.40. The summed E-state index contributed by atoms with van der Waals surface area (Å²) in [6.07, 6.45) is -10.6. The van der Waals surface area contributed by atoms with E-state index in [0.717, 1.165) is 4.58 Å². The van der Waals surface area contributed by atoms with E-state index in [1.54, 1.807) is 30.3 Å². The third-order valence-electron chi connectivity index (χ3n) is 2.86. The molecule has 0 aliphatic rings. The number of alkyl halides is 6. The summed E-state index contributed by atoms with van der Waals surface area (Å²) in [6.45, 7) is 0.00873. The van der Waals surface area contributed by atoms with Gasteiger partial charge < -0.3 is 22.6 Å². The fourth-order valence-electron chi connectivity index (χ4n) is 1.73. The first kappa shape index (κ1) is 26.8. The van der Waals surface area contributed by atoms with E-state index >= 15 is 0 Å². The first-order valence-corrected chi connectivity index (χ1v) is 7.67. The van der Waals surface area contributed by atoms with E-state index in [1.807, 2.05) is 0 Å². The topological polar surface area (TPSA) is 24.3 Å². The monoisotopic (exact) mass is 442 g/mol. The van der Waals surface area contributed by atoms with Crippen LogP contribution in [0.25, 0.3) is 0 Å². The lowest BCUT2D eigenvalue weighted by Crippen LogP contribution is -2.32. The predicted molar refractivity (Wildman–Crippen MR) is 86.7 cm³/mol. The maximum absolute atomic E-state index is 13.7.